The number of hydrogen-bond acceptors (Lipinski definition) is 6. The normalized spacial score (nSPS) is 16.0. The lowest BCUT2D eigenvalue weighted by Crippen LogP contribution is -2.61. The predicted octanol–water partition coefficient (Wildman–Crippen LogP) is 2.66. The summed E-state index contributed by atoms with van der Waals surface area (Å²) in [5, 5.41) is 14.4. The number of Topliss-reactive ketones (excluding diaryl/α,β-unsaturated/α-hetero) is 1. The van der Waals surface area contributed by atoms with E-state index in [1.165, 1.54) is 37.0 Å². The Morgan fingerprint density at radius 3 is 2.54 bits per heavy atom. The Bertz CT molecular complexity index is 1300. The quantitative estimate of drug-likeness (QED) is 0.263. The van der Waals surface area contributed by atoms with Crippen LogP contribution < -0.4 is 10.6 Å². The van der Waals surface area contributed by atoms with Gasteiger partial charge in [-0.05, 0) is 24.6 Å². The Balaban J connectivity index is 1.54. The van der Waals surface area contributed by atoms with Crippen molar-refractivity contribution < 1.29 is 31.9 Å². The van der Waals surface area contributed by atoms with E-state index in [0.29, 0.717) is 0 Å². The molecule has 3 aromatic rings. The highest BCUT2D eigenvalue weighted by atomic mass is 19.3. The zero-order valence-corrected chi connectivity index (χ0v) is 18.4. The molecule has 3 N–H and O–H groups in total. The van der Waals surface area contributed by atoms with E-state index in [9.17, 15) is 31.9 Å². The molecule has 0 unspecified atom stereocenters. The second-order valence-electron chi connectivity index (χ2n) is 8.28. The molecular weight excluding hydrogens is 474 g/mol. The first-order valence-electron chi connectivity index (χ1n) is 10.2. The molecule has 3 heterocycles. The summed E-state index contributed by atoms with van der Waals surface area (Å²) in [5.74, 6) is -5.95. The van der Waals surface area contributed by atoms with Crippen LogP contribution in [0.1, 0.15) is 57.1 Å². The molecule has 1 aliphatic carbocycles. The van der Waals surface area contributed by atoms with Crippen LogP contribution in [0.15, 0.2) is 30.7 Å². The molecule has 2 amide bonds. The molecule has 3 aromatic heterocycles. The number of carbonyl (C=O) groups excluding carboxylic acids is 3. The highest BCUT2D eigenvalue weighted by molar-refractivity contribution is 6.43. The molecule has 35 heavy (non-hydrogen) atoms. The number of hydrogen-bond donors (Lipinski definition) is 3. The molecule has 0 atom stereocenters. The molecule has 10 nitrogen and oxygen atoms in total. The SMILES string of the molecule is Cc1c(C(=O)C(=O)NC2(c3cn[nH]n3)CC(F)(F)C2)cn(C)c1C(=O)Nc1ccnc(C(F)F)c1. The van der Waals surface area contributed by atoms with Crippen molar-refractivity contribution in [2.75, 3.05) is 5.32 Å². The molecule has 0 aromatic carbocycles. The molecule has 1 fully saturated rings. The summed E-state index contributed by atoms with van der Waals surface area (Å²) in [7, 11) is 1.46. The average Bonchev–Trinajstić information content (AvgIpc) is 3.40. The van der Waals surface area contributed by atoms with E-state index in [1.54, 1.807) is 0 Å². The van der Waals surface area contributed by atoms with Crippen molar-refractivity contribution >= 4 is 23.3 Å². The smallest absolute Gasteiger partial charge is 0.293 e. The first kappa shape index (κ1) is 24.0. The molecule has 0 saturated heterocycles. The Morgan fingerprint density at radius 2 is 1.94 bits per heavy atom. The zero-order valence-electron chi connectivity index (χ0n) is 18.4. The highest BCUT2D eigenvalue weighted by Crippen LogP contribution is 2.51. The number of ketones is 1. The fraction of sp³-hybridized carbons (Fsp3) is 0.333. The number of aromatic amines is 1. The number of alkyl halides is 4. The van der Waals surface area contributed by atoms with Crippen LogP contribution in [0.5, 0.6) is 0 Å². The fourth-order valence-corrected chi connectivity index (χ4v) is 4.14. The minimum absolute atomic E-state index is 0.00190. The number of aromatic nitrogens is 5. The third-order valence-corrected chi connectivity index (χ3v) is 5.74. The van der Waals surface area contributed by atoms with Crippen molar-refractivity contribution in [3.05, 3.63) is 58.9 Å². The van der Waals surface area contributed by atoms with E-state index in [-0.39, 0.29) is 28.2 Å². The summed E-state index contributed by atoms with van der Waals surface area (Å²) in [4.78, 5) is 42.0. The number of nitrogens with zero attached hydrogens (tertiary/aromatic N) is 4. The lowest BCUT2D eigenvalue weighted by atomic mass is 9.71. The highest BCUT2D eigenvalue weighted by Gasteiger charge is 2.60. The summed E-state index contributed by atoms with van der Waals surface area (Å²) in [6.07, 6.45) is -0.777. The number of halogens is 4. The number of carbonyl (C=O) groups is 3. The monoisotopic (exact) mass is 493 g/mol. The maximum absolute atomic E-state index is 13.7. The standard InChI is InChI=1S/C21H19F4N7O3/c1-10-12(7-32(2)15(10)18(34)28-11-3-4-26-13(5-11)17(22)23)16(33)19(35)29-20(8-21(24,25)9-20)14-6-27-31-30-14/h3-7,17H,8-9H2,1-2H3,(H,29,35)(H,26,28,34)(H,27,30,31). The number of amides is 2. The number of nitrogens with one attached hydrogen (secondary N) is 3. The molecule has 1 aliphatic rings. The van der Waals surface area contributed by atoms with Crippen molar-refractivity contribution in [2.45, 2.75) is 37.7 Å². The molecule has 0 aliphatic heterocycles. The van der Waals surface area contributed by atoms with Crippen LogP contribution in [-0.2, 0) is 17.4 Å². The van der Waals surface area contributed by atoms with Gasteiger partial charge in [0, 0.05) is 43.5 Å². The number of rotatable bonds is 7. The second kappa shape index (κ2) is 8.60. The van der Waals surface area contributed by atoms with Gasteiger partial charge >= 0.3 is 0 Å². The van der Waals surface area contributed by atoms with Crippen molar-refractivity contribution in [3.8, 4) is 0 Å². The summed E-state index contributed by atoms with van der Waals surface area (Å²) in [6.45, 7) is 1.43. The molecule has 14 heteroatoms. The van der Waals surface area contributed by atoms with Crippen LogP contribution in [0, 0.1) is 6.92 Å². The van der Waals surface area contributed by atoms with Gasteiger partial charge in [0.05, 0.1) is 11.7 Å². The van der Waals surface area contributed by atoms with Gasteiger partial charge in [-0.2, -0.15) is 15.4 Å². The lowest BCUT2D eigenvalue weighted by Gasteiger charge is -2.46. The van der Waals surface area contributed by atoms with Gasteiger partial charge < -0.3 is 15.2 Å². The summed E-state index contributed by atoms with van der Waals surface area (Å²) < 4.78 is 54.4. The summed E-state index contributed by atoms with van der Waals surface area (Å²) >= 11 is 0. The Labute approximate surface area is 195 Å². The van der Waals surface area contributed by atoms with E-state index < -0.39 is 54.0 Å². The van der Waals surface area contributed by atoms with Gasteiger partial charge in [0.15, 0.2) is 0 Å². The summed E-state index contributed by atoms with van der Waals surface area (Å²) in [6, 6.07) is 2.33. The summed E-state index contributed by atoms with van der Waals surface area (Å²) in [5.41, 5.74) is -1.95. The minimum atomic E-state index is -3.04. The number of aryl methyl sites for hydroxylation is 1. The molecular formula is C21H19F4N7O3. The van der Waals surface area contributed by atoms with Crippen molar-refractivity contribution in [1.82, 2.24) is 30.3 Å². The van der Waals surface area contributed by atoms with Crippen LogP contribution in [0.25, 0.3) is 0 Å². The fourth-order valence-electron chi connectivity index (χ4n) is 4.14. The van der Waals surface area contributed by atoms with E-state index >= 15 is 0 Å². The predicted molar refractivity (Wildman–Crippen MR) is 112 cm³/mol. The third-order valence-electron chi connectivity index (χ3n) is 5.74. The maximum atomic E-state index is 13.7. The molecule has 1 saturated carbocycles. The van der Waals surface area contributed by atoms with E-state index in [0.717, 1.165) is 12.3 Å². The van der Waals surface area contributed by atoms with E-state index in [4.69, 9.17) is 0 Å². The largest absolute Gasteiger partial charge is 0.346 e. The average molecular weight is 493 g/mol. The van der Waals surface area contributed by atoms with E-state index in [2.05, 4.69) is 31.0 Å². The Kier molecular flexibility index (Phi) is 5.90. The number of H-pyrrole nitrogens is 1. The van der Waals surface area contributed by atoms with Crippen molar-refractivity contribution in [3.63, 3.8) is 0 Å². The first-order chi connectivity index (χ1) is 16.4. The molecule has 0 radical (unpaired) electrons. The van der Waals surface area contributed by atoms with Crippen LogP contribution in [-0.4, -0.2) is 48.5 Å². The molecule has 0 spiro atoms. The second-order valence-corrected chi connectivity index (χ2v) is 8.28. The van der Waals surface area contributed by atoms with E-state index in [1.807, 2.05) is 0 Å². The molecule has 184 valence electrons. The van der Waals surface area contributed by atoms with Gasteiger partial charge in [-0.15, -0.1) is 0 Å². The Morgan fingerprint density at radius 1 is 1.23 bits per heavy atom. The first-order valence-corrected chi connectivity index (χ1v) is 10.2. The van der Waals surface area contributed by atoms with Gasteiger partial charge in [0.1, 0.15) is 17.1 Å². The lowest BCUT2D eigenvalue weighted by molar-refractivity contribution is -0.148. The van der Waals surface area contributed by atoms with Gasteiger partial charge in [-0.3, -0.25) is 19.4 Å². The van der Waals surface area contributed by atoms with Crippen LogP contribution >= 0.6 is 0 Å². The third kappa shape index (κ3) is 4.50. The van der Waals surface area contributed by atoms with Crippen LogP contribution in [0.4, 0.5) is 23.2 Å². The molecule has 0 bridgehead atoms. The van der Waals surface area contributed by atoms with Crippen LogP contribution in [0.2, 0.25) is 0 Å². The Hall–Kier alpha value is -4.10. The molecule has 4 rings (SSSR count). The topological polar surface area (TPSA) is 135 Å². The van der Waals surface area contributed by atoms with Gasteiger partial charge in [0.2, 0.25) is 0 Å². The van der Waals surface area contributed by atoms with Gasteiger partial charge in [0.25, 0.3) is 29.9 Å². The van der Waals surface area contributed by atoms with Crippen molar-refractivity contribution in [2.24, 2.45) is 7.05 Å². The van der Waals surface area contributed by atoms with Gasteiger partial charge in [-0.25, -0.2) is 17.6 Å². The van der Waals surface area contributed by atoms with Gasteiger partial charge in [-0.1, -0.05) is 0 Å². The van der Waals surface area contributed by atoms with Crippen molar-refractivity contribution in [1.29, 1.82) is 0 Å². The maximum Gasteiger partial charge on any atom is 0.293 e. The number of anilines is 1. The number of pyridine rings is 1. The zero-order chi connectivity index (χ0) is 25.5. The minimum Gasteiger partial charge on any atom is -0.346 e. The van der Waals surface area contributed by atoms with Crippen LogP contribution in [0.3, 0.4) is 0 Å².